The zero-order valence-corrected chi connectivity index (χ0v) is 13.5. The minimum atomic E-state index is -0.799. The molecule has 0 bridgehead atoms. The van der Waals surface area contributed by atoms with Crippen molar-refractivity contribution in [3.05, 3.63) is 5.82 Å². The molecule has 0 aliphatic heterocycles. The van der Waals surface area contributed by atoms with Gasteiger partial charge in [-0.25, -0.2) is 0 Å². The molecule has 3 rings (SSSR count). The minimum absolute atomic E-state index is 0.0566. The third-order valence-corrected chi connectivity index (χ3v) is 5.56. The number of aromatic nitrogens is 3. The summed E-state index contributed by atoms with van der Waals surface area (Å²) in [6, 6.07) is 0.444. The summed E-state index contributed by atoms with van der Waals surface area (Å²) in [5, 5.41) is 18.3. The number of thioether (sulfide) groups is 1. The van der Waals surface area contributed by atoms with Crippen LogP contribution in [0.3, 0.4) is 0 Å². The Morgan fingerprint density at radius 3 is 2.52 bits per heavy atom. The van der Waals surface area contributed by atoms with E-state index in [0.29, 0.717) is 17.4 Å². The van der Waals surface area contributed by atoms with Crippen LogP contribution in [0.15, 0.2) is 5.16 Å². The van der Waals surface area contributed by atoms with Crippen molar-refractivity contribution in [2.45, 2.75) is 69.5 Å². The van der Waals surface area contributed by atoms with Crippen molar-refractivity contribution in [3.8, 4) is 0 Å². The summed E-state index contributed by atoms with van der Waals surface area (Å²) in [4.78, 5) is 10.8. The predicted molar refractivity (Wildman–Crippen MR) is 81.6 cm³/mol. The molecule has 0 radical (unpaired) electrons. The van der Waals surface area contributed by atoms with Gasteiger partial charge in [0, 0.05) is 12.0 Å². The van der Waals surface area contributed by atoms with Crippen molar-refractivity contribution < 1.29 is 9.90 Å². The van der Waals surface area contributed by atoms with E-state index < -0.39 is 5.97 Å². The van der Waals surface area contributed by atoms with Crippen LogP contribution < -0.4 is 0 Å². The molecule has 5 nitrogen and oxygen atoms in total. The van der Waals surface area contributed by atoms with Gasteiger partial charge in [-0.3, -0.25) is 4.79 Å². The maximum absolute atomic E-state index is 10.8. The Morgan fingerprint density at radius 1 is 1.29 bits per heavy atom. The third kappa shape index (κ3) is 3.42. The molecule has 6 heteroatoms. The van der Waals surface area contributed by atoms with Gasteiger partial charge in [0.2, 0.25) is 0 Å². The van der Waals surface area contributed by atoms with E-state index in [1.807, 2.05) is 0 Å². The second kappa shape index (κ2) is 5.63. The summed E-state index contributed by atoms with van der Waals surface area (Å²) in [6.07, 6.45) is 7.10. The van der Waals surface area contributed by atoms with E-state index >= 15 is 0 Å². The molecule has 0 amide bonds. The Bertz CT molecular complexity index is 527. The van der Waals surface area contributed by atoms with Crippen molar-refractivity contribution >= 4 is 17.7 Å². The monoisotopic (exact) mass is 309 g/mol. The molecule has 0 aromatic carbocycles. The van der Waals surface area contributed by atoms with Crippen molar-refractivity contribution in [1.29, 1.82) is 0 Å². The predicted octanol–water partition coefficient (Wildman–Crippen LogP) is 3.47. The quantitative estimate of drug-likeness (QED) is 0.843. The maximum atomic E-state index is 10.8. The first-order valence-corrected chi connectivity index (χ1v) is 8.74. The third-order valence-electron chi connectivity index (χ3n) is 4.63. The molecule has 1 heterocycles. The topological polar surface area (TPSA) is 68.0 Å². The summed E-state index contributed by atoms with van der Waals surface area (Å²) in [6.45, 7) is 4.66. The molecule has 1 aromatic heterocycles. The van der Waals surface area contributed by atoms with Crippen LogP contribution in [0.4, 0.5) is 0 Å². The molecule has 0 saturated heterocycles. The highest BCUT2D eigenvalue weighted by Gasteiger charge is 2.35. The van der Waals surface area contributed by atoms with Crippen LogP contribution in [0.25, 0.3) is 0 Å². The van der Waals surface area contributed by atoms with Crippen molar-refractivity contribution in [3.63, 3.8) is 0 Å². The molecule has 116 valence electrons. The lowest BCUT2D eigenvalue weighted by atomic mass is 9.75. The number of hydrogen-bond donors (Lipinski definition) is 1. The highest BCUT2D eigenvalue weighted by Crippen LogP contribution is 2.45. The SMILES string of the molecule is CC1(C)CCC(n2c(SCC(=O)O)nnc2C2CC2)CC1. The van der Waals surface area contributed by atoms with Crippen LogP contribution in [-0.4, -0.2) is 31.6 Å². The molecular formula is C15H23N3O2S. The molecule has 1 N–H and O–H groups in total. The molecule has 2 aliphatic carbocycles. The Balaban J connectivity index is 1.81. The Kier molecular flexibility index (Phi) is 3.99. The maximum Gasteiger partial charge on any atom is 0.313 e. The van der Waals surface area contributed by atoms with E-state index in [-0.39, 0.29) is 5.75 Å². The van der Waals surface area contributed by atoms with Crippen LogP contribution >= 0.6 is 11.8 Å². The summed E-state index contributed by atoms with van der Waals surface area (Å²) >= 11 is 1.30. The highest BCUT2D eigenvalue weighted by molar-refractivity contribution is 7.99. The number of carboxylic acid groups (broad SMARTS) is 1. The van der Waals surface area contributed by atoms with Crippen LogP contribution in [0.5, 0.6) is 0 Å². The number of aliphatic carboxylic acids is 1. The van der Waals surface area contributed by atoms with Crippen LogP contribution in [0, 0.1) is 5.41 Å². The van der Waals surface area contributed by atoms with E-state index in [1.54, 1.807) is 0 Å². The van der Waals surface area contributed by atoms with Gasteiger partial charge in [-0.15, -0.1) is 10.2 Å². The fourth-order valence-corrected chi connectivity index (χ4v) is 3.85. The number of rotatable bonds is 5. The van der Waals surface area contributed by atoms with Crippen molar-refractivity contribution in [1.82, 2.24) is 14.8 Å². The normalized spacial score (nSPS) is 22.4. The zero-order valence-electron chi connectivity index (χ0n) is 12.7. The molecule has 21 heavy (non-hydrogen) atoms. The van der Waals surface area contributed by atoms with E-state index in [0.717, 1.165) is 23.8 Å². The van der Waals surface area contributed by atoms with Crippen molar-refractivity contribution in [2.75, 3.05) is 5.75 Å². The second-order valence-corrected chi connectivity index (χ2v) is 8.01. The summed E-state index contributed by atoms with van der Waals surface area (Å²) in [5.41, 5.74) is 0.429. The summed E-state index contributed by atoms with van der Waals surface area (Å²) < 4.78 is 2.26. The minimum Gasteiger partial charge on any atom is -0.481 e. The molecule has 0 spiro atoms. The van der Waals surface area contributed by atoms with Gasteiger partial charge in [0.25, 0.3) is 0 Å². The average Bonchev–Trinajstić information content (AvgIpc) is 3.17. The van der Waals surface area contributed by atoms with Crippen molar-refractivity contribution in [2.24, 2.45) is 5.41 Å². The lowest BCUT2D eigenvalue weighted by molar-refractivity contribution is -0.133. The lowest BCUT2D eigenvalue weighted by Gasteiger charge is -2.35. The molecule has 0 unspecified atom stereocenters. The molecule has 1 aromatic rings. The first kappa shape index (κ1) is 14.9. The van der Waals surface area contributed by atoms with Gasteiger partial charge in [-0.05, 0) is 43.9 Å². The number of nitrogens with zero attached hydrogens (tertiary/aromatic N) is 3. The molecule has 2 aliphatic rings. The van der Waals surface area contributed by atoms with Gasteiger partial charge in [-0.2, -0.15) is 0 Å². The Labute approximate surface area is 129 Å². The number of carboxylic acids is 1. The standard InChI is InChI=1S/C15H23N3O2S/c1-15(2)7-5-11(6-8-15)18-13(10-3-4-10)16-17-14(18)21-9-12(19)20/h10-11H,3-9H2,1-2H3,(H,19,20). The molecular weight excluding hydrogens is 286 g/mol. The fourth-order valence-electron chi connectivity index (χ4n) is 3.12. The highest BCUT2D eigenvalue weighted by atomic mass is 32.2. The largest absolute Gasteiger partial charge is 0.481 e. The van der Waals surface area contributed by atoms with Gasteiger partial charge in [0.1, 0.15) is 5.82 Å². The number of hydrogen-bond acceptors (Lipinski definition) is 4. The second-order valence-electron chi connectivity index (χ2n) is 7.06. The van der Waals surface area contributed by atoms with Gasteiger partial charge in [0.05, 0.1) is 5.75 Å². The molecule has 2 fully saturated rings. The average molecular weight is 309 g/mol. The summed E-state index contributed by atoms with van der Waals surface area (Å²) in [7, 11) is 0. The summed E-state index contributed by atoms with van der Waals surface area (Å²) in [5.74, 6) is 0.896. The van der Waals surface area contributed by atoms with E-state index in [4.69, 9.17) is 5.11 Å². The zero-order chi connectivity index (χ0) is 15.0. The van der Waals surface area contributed by atoms with E-state index in [1.165, 1.54) is 37.4 Å². The van der Waals surface area contributed by atoms with Crippen LogP contribution in [0.2, 0.25) is 0 Å². The van der Waals surface area contributed by atoms with Crippen LogP contribution in [-0.2, 0) is 4.79 Å². The van der Waals surface area contributed by atoms with E-state index in [9.17, 15) is 4.79 Å². The smallest absolute Gasteiger partial charge is 0.313 e. The Morgan fingerprint density at radius 2 is 1.95 bits per heavy atom. The lowest BCUT2D eigenvalue weighted by Crippen LogP contribution is -2.25. The van der Waals surface area contributed by atoms with Gasteiger partial charge in [0.15, 0.2) is 5.16 Å². The number of carbonyl (C=O) groups is 1. The van der Waals surface area contributed by atoms with E-state index in [2.05, 4.69) is 28.6 Å². The first-order valence-electron chi connectivity index (χ1n) is 7.76. The molecule has 0 atom stereocenters. The van der Waals surface area contributed by atoms with Crippen LogP contribution in [0.1, 0.15) is 70.2 Å². The Hall–Kier alpha value is -1.04. The fraction of sp³-hybridized carbons (Fsp3) is 0.800. The van der Waals surface area contributed by atoms with Gasteiger partial charge < -0.3 is 9.67 Å². The first-order chi connectivity index (χ1) is 9.96. The van der Waals surface area contributed by atoms with Gasteiger partial charge >= 0.3 is 5.97 Å². The molecule has 2 saturated carbocycles. The van der Waals surface area contributed by atoms with Gasteiger partial charge in [-0.1, -0.05) is 25.6 Å².